The van der Waals surface area contributed by atoms with Crippen molar-refractivity contribution in [1.29, 1.82) is 0 Å². The van der Waals surface area contributed by atoms with E-state index in [2.05, 4.69) is 0 Å². The summed E-state index contributed by atoms with van der Waals surface area (Å²) in [4.78, 5) is 22.1. The zero-order chi connectivity index (χ0) is 11.2. The van der Waals surface area contributed by atoms with Gasteiger partial charge in [-0.1, -0.05) is 6.07 Å². The van der Waals surface area contributed by atoms with E-state index in [1.54, 1.807) is 0 Å². The van der Waals surface area contributed by atoms with Crippen LogP contribution in [0.5, 0.6) is 0 Å². The lowest BCUT2D eigenvalue weighted by Gasteiger charge is -2.00. The van der Waals surface area contributed by atoms with Crippen LogP contribution in [0.25, 0.3) is 0 Å². The summed E-state index contributed by atoms with van der Waals surface area (Å²) in [5.41, 5.74) is -0.153. The lowest BCUT2D eigenvalue weighted by molar-refractivity contribution is 0.0878. The highest BCUT2D eigenvalue weighted by Crippen LogP contribution is 2.26. The largest absolute Gasteiger partial charge is 0.288 e. The molecule has 1 aliphatic heterocycles. The quantitative estimate of drug-likeness (QED) is 0.577. The number of rotatable bonds is 1. The molecule has 0 aliphatic carbocycles. The van der Waals surface area contributed by atoms with E-state index < -0.39 is 20.9 Å². The Morgan fingerprint density at radius 2 is 1.80 bits per heavy atom. The fourth-order valence-electron chi connectivity index (χ4n) is 1.39. The summed E-state index contributed by atoms with van der Waals surface area (Å²) < 4.78 is 22.2. The number of halogens is 1. The summed E-state index contributed by atoms with van der Waals surface area (Å²) in [5, 5.41) is 1.99. The van der Waals surface area contributed by atoms with Gasteiger partial charge in [0.25, 0.3) is 20.9 Å². The molecule has 1 N–H and O–H groups in total. The van der Waals surface area contributed by atoms with Gasteiger partial charge in [-0.3, -0.25) is 14.9 Å². The van der Waals surface area contributed by atoms with Gasteiger partial charge in [0, 0.05) is 10.7 Å². The molecule has 0 fully saturated rings. The second-order valence-electron chi connectivity index (χ2n) is 2.90. The number of fused-ring (bicyclic) bond motifs is 1. The molecule has 15 heavy (non-hydrogen) atoms. The van der Waals surface area contributed by atoms with Gasteiger partial charge in [0.05, 0.1) is 16.0 Å². The van der Waals surface area contributed by atoms with Gasteiger partial charge in [0.1, 0.15) is 0 Å². The summed E-state index contributed by atoms with van der Waals surface area (Å²) in [7, 11) is 1.11. The molecule has 1 aliphatic rings. The van der Waals surface area contributed by atoms with Crippen LogP contribution in [0.15, 0.2) is 23.1 Å². The van der Waals surface area contributed by atoms with E-state index in [-0.39, 0.29) is 16.0 Å². The molecular weight excluding hydrogens is 242 g/mol. The SMILES string of the molecule is O=C1NC(=O)c2c1cccc2S(=O)(=O)Cl. The van der Waals surface area contributed by atoms with Crippen molar-refractivity contribution in [3.05, 3.63) is 29.3 Å². The maximum atomic E-state index is 11.3. The van der Waals surface area contributed by atoms with E-state index in [0.29, 0.717) is 0 Å². The molecule has 5 nitrogen and oxygen atoms in total. The van der Waals surface area contributed by atoms with E-state index in [1.807, 2.05) is 5.32 Å². The topological polar surface area (TPSA) is 80.3 Å². The number of benzene rings is 1. The Kier molecular flexibility index (Phi) is 2.06. The molecule has 78 valence electrons. The molecule has 1 aromatic carbocycles. The van der Waals surface area contributed by atoms with Crippen molar-refractivity contribution < 1.29 is 18.0 Å². The van der Waals surface area contributed by atoms with Crippen molar-refractivity contribution in [2.75, 3.05) is 0 Å². The first-order valence-electron chi connectivity index (χ1n) is 3.84. The molecular formula is C8H4ClNO4S. The van der Waals surface area contributed by atoms with Crippen LogP contribution in [0.1, 0.15) is 20.7 Å². The van der Waals surface area contributed by atoms with Crippen molar-refractivity contribution in [1.82, 2.24) is 5.32 Å². The van der Waals surface area contributed by atoms with Gasteiger partial charge >= 0.3 is 0 Å². The average molecular weight is 246 g/mol. The Bertz CT molecular complexity index is 578. The first kappa shape index (κ1) is 10.1. The molecule has 0 spiro atoms. The summed E-state index contributed by atoms with van der Waals surface area (Å²) in [6.07, 6.45) is 0. The smallest absolute Gasteiger partial charge is 0.262 e. The molecule has 0 unspecified atom stereocenters. The van der Waals surface area contributed by atoms with Crippen molar-refractivity contribution in [3.8, 4) is 0 Å². The minimum absolute atomic E-state index is 0.0294. The van der Waals surface area contributed by atoms with Crippen molar-refractivity contribution in [2.24, 2.45) is 0 Å². The normalized spacial score (nSPS) is 15.0. The number of hydrogen-bond acceptors (Lipinski definition) is 4. The highest BCUT2D eigenvalue weighted by molar-refractivity contribution is 8.13. The summed E-state index contributed by atoms with van der Waals surface area (Å²) in [5.74, 6) is -1.35. The lowest BCUT2D eigenvalue weighted by Crippen LogP contribution is -2.20. The highest BCUT2D eigenvalue weighted by atomic mass is 35.7. The van der Waals surface area contributed by atoms with E-state index in [0.717, 1.165) is 0 Å². The van der Waals surface area contributed by atoms with Gasteiger partial charge in [0.2, 0.25) is 0 Å². The predicted octanol–water partition coefficient (Wildman–Crippen LogP) is 0.498. The van der Waals surface area contributed by atoms with E-state index >= 15 is 0 Å². The third-order valence-electron chi connectivity index (χ3n) is 1.99. The number of nitrogens with one attached hydrogen (secondary N) is 1. The Hall–Kier alpha value is -1.40. The van der Waals surface area contributed by atoms with Gasteiger partial charge in [-0.05, 0) is 12.1 Å². The average Bonchev–Trinajstić information content (AvgIpc) is 2.41. The van der Waals surface area contributed by atoms with Gasteiger partial charge in [-0.25, -0.2) is 8.42 Å². The highest BCUT2D eigenvalue weighted by Gasteiger charge is 2.32. The van der Waals surface area contributed by atoms with Crippen LogP contribution in [0.2, 0.25) is 0 Å². The van der Waals surface area contributed by atoms with E-state index in [4.69, 9.17) is 10.7 Å². The van der Waals surface area contributed by atoms with Crippen LogP contribution in [-0.4, -0.2) is 20.2 Å². The number of imide groups is 1. The number of carbonyl (C=O) groups excluding carboxylic acids is 2. The molecule has 2 rings (SSSR count). The van der Waals surface area contributed by atoms with Crippen LogP contribution >= 0.6 is 10.7 Å². The van der Waals surface area contributed by atoms with Crippen LogP contribution in [-0.2, 0) is 9.05 Å². The molecule has 1 aromatic rings. The van der Waals surface area contributed by atoms with E-state index in [9.17, 15) is 18.0 Å². The van der Waals surface area contributed by atoms with Crippen LogP contribution in [0.4, 0.5) is 0 Å². The Labute approximate surface area is 89.5 Å². The van der Waals surface area contributed by atoms with Crippen molar-refractivity contribution >= 4 is 31.5 Å². The van der Waals surface area contributed by atoms with Crippen LogP contribution < -0.4 is 5.32 Å². The first-order chi connectivity index (χ1) is 6.91. The molecule has 0 bridgehead atoms. The van der Waals surface area contributed by atoms with Crippen molar-refractivity contribution in [3.63, 3.8) is 0 Å². The molecule has 0 atom stereocenters. The molecule has 1 heterocycles. The second-order valence-corrected chi connectivity index (χ2v) is 5.43. The maximum absolute atomic E-state index is 11.3. The van der Waals surface area contributed by atoms with Gasteiger partial charge in [-0.15, -0.1) is 0 Å². The molecule has 0 saturated heterocycles. The molecule has 0 saturated carbocycles. The fourth-order valence-corrected chi connectivity index (χ4v) is 2.46. The standard InChI is InChI=1S/C8H4ClNO4S/c9-15(13,14)5-3-1-2-4-6(5)8(12)10-7(4)11/h1-3H,(H,10,11,12). The maximum Gasteiger partial charge on any atom is 0.262 e. The third-order valence-corrected chi connectivity index (χ3v) is 3.35. The van der Waals surface area contributed by atoms with Crippen molar-refractivity contribution in [2.45, 2.75) is 4.90 Å². The number of amides is 2. The van der Waals surface area contributed by atoms with Gasteiger partial charge in [0.15, 0.2) is 0 Å². The van der Waals surface area contributed by atoms with Crippen LogP contribution in [0.3, 0.4) is 0 Å². The first-order valence-corrected chi connectivity index (χ1v) is 6.15. The molecule has 0 aromatic heterocycles. The zero-order valence-corrected chi connectivity index (χ0v) is 8.72. The minimum Gasteiger partial charge on any atom is -0.288 e. The molecule has 0 radical (unpaired) electrons. The number of hydrogen-bond donors (Lipinski definition) is 1. The zero-order valence-electron chi connectivity index (χ0n) is 7.15. The lowest BCUT2D eigenvalue weighted by atomic mass is 10.1. The Morgan fingerprint density at radius 3 is 2.40 bits per heavy atom. The predicted molar refractivity (Wildman–Crippen MR) is 51.3 cm³/mol. The van der Waals surface area contributed by atoms with E-state index in [1.165, 1.54) is 18.2 Å². The second kappa shape index (κ2) is 3.04. The summed E-state index contributed by atoms with van der Waals surface area (Å²) in [6.45, 7) is 0. The monoisotopic (exact) mass is 245 g/mol. The molecule has 7 heteroatoms. The summed E-state index contributed by atoms with van der Waals surface area (Å²) >= 11 is 0. The minimum atomic E-state index is -4.03. The summed E-state index contributed by atoms with van der Waals surface area (Å²) in [6, 6.07) is 3.90. The number of carbonyl (C=O) groups is 2. The Morgan fingerprint density at radius 1 is 1.13 bits per heavy atom. The molecule has 2 amide bonds. The van der Waals surface area contributed by atoms with Gasteiger partial charge in [-0.2, -0.15) is 0 Å². The van der Waals surface area contributed by atoms with Crippen LogP contribution in [0, 0.1) is 0 Å². The Balaban J connectivity index is 2.83. The fraction of sp³-hybridized carbons (Fsp3) is 0. The van der Waals surface area contributed by atoms with Gasteiger partial charge < -0.3 is 0 Å². The third kappa shape index (κ3) is 1.51.